The smallest absolute Gasteiger partial charge is 0.165 e. The third-order valence-corrected chi connectivity index (χ3v) is 3.82. The number of halogens is 2. The lowest BCUT2D eigenvalue weighted by Gasteiger charge is -2.11. The summed E-state index contributed by atoms with van der Waals surface area (Å²) in [6.07, 6.45) is 0.763. The number of hydrogen-bond donors (Lipinski definition) is 1. The number of nitrogen functional groups attached to an aromatic ring is 1. The van der Waals surface area contributed by atoms with Crippen LogP contribution in [0.15, 0.2) is 22.7 Å². The van der Waals surface area contributed by atoms with E-state index in [1.54, 1.807) is 12.1 Å². The molecule has 0 radical (unpaired) electrons. The van der Waals surface area contributed by atoms with Gasteiger partial charge in [0.25, 0.3) is 0 Å². The molecule has 0 aliphatic carbocycles. The first-order valence-corrected chi connectivity index (χ1v) is 7.37. The molecule has 0 aliphatic rings. The van der Waals surface area contributed by atoms with Crippen LogP contribution in [0.3, 0.4) is 0 Å². The quantitative estimate of drug-likeness (QED) is 0.906. The van der Waals surface area contributed by atoms with Gasteiger partial charge in [-0.2, -0.15) is 0 Å². The Morgan fingerprint density at radius 1 is 1.33 bits per heavy atom. The number of nitrogens with zero attached hydrogens (tertiary/aromatic N) is 2. The molecule has 6 heteroatoms. The maximum absolute atomic E-state index is 13.8. The van der Waals surface area contributed by atoms with Gasteiger partial charge in [0.2, 0.25) is 0 Å². The second-order valence-corrected chi connectivity index (χ2v) is 5.93. The van der Waals surface area contributed by atoms with Crippen LogP contribution in [0, 0.1) is 11.7 Å². The highest BCUT2D eigenvalue weighted by Crippen LogP contribution is 2.28. The zero-order chi connectivity index (χ0) is 15.6. The average Bonchev–Trinajstić information content (AvgIpc) is 2.43. The molecular formula is C15H17BrFN3O. The van der Waals surface area contributed by atoms with Crippen molar-refractivity contribution in [1.29, 1.82) is 0 Å². The van der Waals surface area contributed by atoms with E-state index in [-0.39, 0.29) is 5.75 Å². The van der Waals surface area contributed by atoms with Gasteiger partial charge in [-0.05, 0) is 46.5 Å². The molecule has 0 amide bonds. The Morgan fingerprint density at radius 2 is 2.05 bits per heavy atom. The largest absolute Gasteiger partial charge is 0.494 e. The average molecular weight is 354 g/mol. The van der Waals surface area contributed by atoms with Gasteiger partial charge in [0.15, 0.2) is 17.4 Å². The summed E-state index contributed by atoms with van der Waals surface area (Å²) in [7, 11) is 1.42. The molecule has 1 aromatic heterocycles. The van der Waals surface area contributed by atoms with Gasteiger partial charge in [-0.3, -0.25) is 0 Å². The first kappa shape index (κ1) is 15.7. The first-order chi connectivity index (χ1) is 9.92. The van der Waals surface area contributed by atoms with E-state index in [9.17, 15) is 4.39 Å². The van der Waals surface area contributed by atoms with Crippen molar-refractivity contribution in [2.45, 2.75) is 20.3 Å². The van der Waals surface area contributed by atoms with E-state index in [0.717, 1.165) is 12.1 Å². The Balaban J connectivity index is 2.49. The molecule has 0 unspecified atom stereocenters. The summed E-state index contributed by atoms with van der Waals surface area (Å²) in [6, 6.07) is 4.61. The minimum Gasteiger partial charge on any atom is -0.494 e. The van der Waals surface area contributed by atoms with Crippen LogP contribution in [0.2, 0.25) is 0 Å². The van der Waals surface area contributed by atoms with Crippen molar-refractivity contribution in [3.05, 3.63) is 34.2 Å². The lowest BCUT2D eigenvalue weighted by atomic mass is 10.1. The number of aromatic nitrogens is 2. The van der Waals surface area contributed by atoms with Crippen LogP contribution in [0.25, 0.3) is 11.4 Å². The van der Waals surface area contributed by atoms with Gasteiger partial charge >= 0.3 is 0 Å². The highest BCUT2D eigenvalue weighted by Gasteiger charge is 2.14. The fraction of sp³-hybridized carbons (Fsp3) is 0.333. The number of methoxy groups -OCH3 is 1. The van der Waals surface area contributed by atoms with E-state index in [2.05, 4.69) is 39.7 Å². The lowest BCUT2D eigenvalue weighted by molar-refractivity contribution is 0.386. The fourth-order valence-electron chi connectivity index (χ4n) is 1.97. The zero-order valence-electron chi connectivity index (χ0n) is 12.2. The fourth-order valence-corrected chi connectivity index (χ4v) is 2.31. The molecule has 2 N–H and O–H groups in total. The third kappa shape index (κ3) is 3.50. The van der Waals surface area contributed by atoms with E-state index in [4.69, 9.17) is 10.5 Å². The summed E-state index contributed by atoms with van der Waals surface area (Å²) in [5, 5.41) is 0. The number of benzene rings is 1. The summed E-state index contributed by atoms with van der Waals surface area (Å²) in [6.45, 7) is 4.19. The molecular weight excluding hydrogens is 337 g/mol. The van der Waals surface area contributed by atoms with Gasteiger partial charge in [0.1, 0.15) is 5.82 Å². The number of hydrogen-bond acceptors (Lipinski definition) is 4. The van der Waals surface area contributed by atoms with Crippen LogP contribution >= 0.6 is 15.9 Å². The molecule has 0 saturated heterocycles. The Bertz CT molecular complexity index is 662. The van der Waals surface area contributed by atoms with Gasteiger partial charge in [0.05, 0.1) is 17.3 Å². The Kier molecular flexibility index (Phi) is 4.77. The molecule has 0 bridgehead atoms. The second kappa shape index (κ2) is 6.39. The summed E-state index contributed by atoms with van der Waals surface area (Å²) in [5.74, 6) is 0.924. The standard InChI is InChI=1S/C15H17BrFN3O/c1-8(2)6-11-13(16)14(18)20-15(19-11)9-4-5-12(21-3)10(17)7-9/h4-5,7-8H,6H2,1-3H3,(H2,18,19,20). The molecule has 2 aromatic rings. The van der Waals surface area contributed by atoms with Crippen molar-refractivity contribution in [2.24, 2.45) is 5.92 Å². The van der Waals surface area contributed by atoms with Crippen LogP contribution in [0.1, 0.15) is 19.5 Å². The molecule has 2 rings (SSSR count). The number of rotatable bonds is 4. The zero-order valence-corrected chi connectivity index (χ0v) is 13.7. The predicted octanol–water partition coefficient (Wildman–Crippen LogP) is 3.83. The van der Waals surface area contributed by atoms with E-state index < -0.39 is 5.82 Å². The maximum Gasteiger partial charge on any atom is 0.165 e. The van der Waals surface area contributed by atoms with Crippen LogP contribution < -0.4 is 10.5 Å². The normalized spacial score (nSPS) is 11.0. The van der Waals surface area contributed by atoms with Crippen LogP contribution in [0.5, 0.6) is 5.75 Å². The molecule has 1 heterocycles. The Labute approximate surface area is 131 Å². The van der Waals surface area contributed by atoms with Crippen molar-refractivity contribution in [1.82, 2.24) is 9.97 Å². The second-order valence-electron chi connectivity index (χ2n) is 5.14. The van der Waals surface area contributed by atoms with Crippen molar-refractivity contribution in [3.8, 4) is 17.1 Å². The van der Waals surface area contributed by atoms with Crippen molar-refractivity contribution in [2.75, 3.05) is 12.8 Å². The molecule has 4 nitrogen and oxygen atoms in total. The molecule has 112 valence electrons. The molecule has 0 fully saturated rings. The van der Waals surface area contributed by atoms with Crippen LogP contribution in [0.4, 0.5) is 10.2 Å². The van der Waals surface area contributed by atoms with E-state index in [1.807, 2.05) is 0 Å². The van der Waals surface area contributed by atoms with Crippen LogP contribution in [-0.4, -0.2) is 17.1 Å². The monoisotopic (exact) mass is 353 g/mol. The van der Waals surface area contributed by atoms with Gasteiger partial charge in [-0.25, -0.2) is 14.4 Å². The lowest BCUT2D eigenvalue weighted by Crippen LogP contribution is -2.06. The number of nitrogens with two attached hydrogens (primary N) is 1. The summed E-state index contributed by atoms with van der Waals surface area (Å²) >= 11 is 3.41. The van der Waals surface area contributed by atoms with Gasteiger partial charge in [0, 0.05) is 5.56 Å². The Hall–Kier alpha value is -1.69. The Morgan fingerprint density at radius 3 is 2.62 bits per heavy atom. The van der Waals surface area contributed by atoms with Crippen molar-refractivity contribution < 1.29 is 9.13 Å². The first-order valence-electron chi connectivity index (χ1n) is 6.58. The number of ether oxygens (including phenoxy) is 1. The third-order valence-electron chi connectivity index (χ3n) is 2.96. The molecule has 1 aromatic carbocycles. The van der Waals surface area contributed by atoms with Crippen molar-refractivity contribution >= 4 is 21.7 Å². The topological polar surface area (TPSA) is 61.0 Å². The van der Waals surface area contributed by atoms with Crippen LogP contribution in [-0.2, 0) is 6.42 Å². The van der Waals surface area contributed by atoms with E-state index in [0.29, 0.717) is 27.6 Å². The molecule has 0 spiro atoms. The minimum atomic E-state index is -0.453. The predicted molar refractivity (Wildman–Crippen MR) is 84.6 cm³/mol. The molecule has 0 saturated carbocycles. The SMILES string of the molecule is COc1ccc(-c2nc(N)c(Br)c(CC(C)C)n2)cc1F. The van der Waals surface area contributed by atoms with Gasteiger partial charge in [-0.1, -0.05) is 13.8 Å². The van der Waals surface area contributed by atoms with Crippen molar-refractivity contribution in [3.63, 3.8) is 0 Å². The molecule has 21 heavy (non-hydrogen) atoms. The van der Waals surface area contributed by atoms with E-state index in [1.165, 1.54) is 13.2 Å². The molecule has 0 atom stereocenters. The van der Waals surface area contributed by atoms with Gasteiger partial charge in [-0.15, -0.1) is 0 Å². The highest BCUT2D eigenvalue weighted by atomic mass is 79.9. The van der Waals surface area contributed by atoms with E-state index >= 15 is 0 Å². The number of anilines is 1. The summed E-state index contributed by atoms with van der Waals surface area (Å²) < 4.78 is 19.4. The highest BCUT2D eigenvalue weighted by molar-refractivity contribution is 9.10. The minimum absolute atomic E-state index is 0.186. The summed E-state index contributed by atoms with van der Waals surface area (Å²) in [5.41, 5.74) is 7.30. The molecule has 0 aliphatic heterocycles. The summed E-state index contributed by atoms with van der Waals surface area (Å²) in [4.78, 5) is 8.71. The maximum atomic E-state index is 13.8. The van der Waals surface area contributed by atoms with Gasteiger partial charge < -0.3 is 10.5 Å².